The third-order valence-electron chi connectivity index (χ3n) is 4.85. The maximum absolute atomic E-state index is 13.1. The van der Waals surface area contributed by atoms with Crippen LogP contribution in [0.3, 0.4) is 0 Å². The number of nitrogens with zero attached hydrogens (tertiary/aromatic N) is 3. The van der Waals surface area contributed by atoms with Crippen molar-refractivity contribution in [3.8, 4) is 0 Å². The lowest BCUT2D eigenvalue weighted by atomic mass is 10.1. The molecule has 27 heavy (non-hydrogen) atoms. The summed E-state index contributed by atoms with van der Waals surface area (Å²) in [5, 5.41) is 3.38. The van der Waals surface area contributed by atoms with Crippen LogP contribution in [-0.2, 0) is 6.42 Å². The molecule has 5 heteroatoms. The molecule has 5 nitrogen and oxygen atoms in total. The van der Waals surface area contributed by atoms with Gasteiger partial charge < -0.3 is 10.2 Å². The third kappa shape index (κ3) is 3.53. The van der Waals surface area contributed by atoms with Gasteiger partial charge in [0.2, 0.25) is 0 Å². The number of benzene rings is 2. The Morgan fingerprint density at radius 1 is 1.07 bits per heavy atom. The zero-order chi connectivity index (χ0) is 18.8. The molecule has 1 aliphatic rings. The molecule has 2 heterocycles. The first-order chi connectivity index (χ1) is 13.1. The van der Waals surface area contributed by atoms with E-state index in [4.69, 9.17) is 0 Å². The number of amides is 1. The smallest absolute Gasteiger partial charge is 0.277 e. The quantitative estimate of drug-likeness (QED) is 0.761. The summed E-state index contributed by atoms with van der Waals surface area (Å²) in [6, 6.07) is 20.0. The molecule has 0 aliphatic carbocycles. The Hall–Kier alpha value is -3.21. The highest BCUT2D eigenvalue weighted by Gasteiger charge is 2.26. The van der Waals surface area contributed by atoms with Gasteiger partial charge in [-0.1, -0.05) is 48.5 Å². The largest absolute Gasteiger partial charge is 0.363 e. The van der Waals surface area contributed by atoms with Crippen molar-refractivity contribution in [3.05, 3.63) is 83.3 Å². The molecule has 0 radical (unpaired) electrons. The maximum Gasteiger partial charge on any atom is 0.277 e. The number of nitrogens with one attached hydrogen (secondary N) is 1. The summed E-state index contributed by atoms with van der Waals surface area (Å²) in [6.07, 6.45) is 0.877. The fourth-order valence-corrected chi connectivity index (χ4v) is 3.49. The van der Waals surface area contributed by atoms with Gasteiger partial charge in [-0.15, -0.1) is 0 Å². The zero-order valence-electron chi connectivity index (χ0n) is 15.5. The van der Waals surface area contributed by atoms with Crippen molar-refractivity contribution < 1.29 is 4.79 Å². The van der Waals surface area contributed by atoms with E-state index in [-0.39, 0.29) is 11.9 Å². The van der Waals surface area contributed by atoms with Crippen LogP contribution < -0.4 is 10.2 Å². The van der Waals surface area contributed by atoms with Crippen molar-refractivity contribution in [2.75, 3.05) is 16.8 Å². The van der Waals surface area contributed by atoms with E-state index in [9.17, 15) is 4.79 Å². The lowest BCUT2D eigenvalue weighted by Crippen LogP contribution is -2.30. The molecule has 136 valence electrons. The van der Waals surface area contributed by atoms with Gasteiger partial charge in [0.15, 0.2) is 0 Å². The molecule has 0 saturated carbocycles. The van der Waals surface area contributed by atoms with Gasteiger partial charge in [0.25, 0.3) is 5.91 Å². The number of fused-ring (bicyclic) bond motifs is 1. The number of aryl methyl sites for hydroxylation is 1. The summed E-state index contributed by atoms with van der Waals surface area (Å²) >= 11 is 0. The lowest BCUT2D eigenvalue weighted by molar-refractivity contribution is 0.0984. The number of carbonyl (C=O) groups excluding carboxylic acids is 1. The predicted octanol–water partition coefficient (Wildman–Crippen LogP) is 4.16. The molecule has 4 rings (SSSR count). The fraction of sp³-hybridized carbons (Fsp3) is 0.227. The second kappa shape index (κ2) is 7.19. The van der Waals surface area contributed by atoms with Gasteiger partial charge in [0.1, 0.15) is 17.3 Å². The van der Waals surface area contributed by atoms with Gasteiger partial charge in [0, 0.05) is 24.3 Å². The molecule has 3 aromatic rings. The highest BCUT2D eigenvalue weighted by atomic mass is 16.2. The average Bonchev–Trinajstić information content (AvgIpc) is 3.11. The molecular formula is C22H22N4O. The number of hydrogen-bond acceptors (Lipinski definition) is 4. The average molecular weight is 358 g/mol. The van der Waals surface area contributed by atoms with Crippen LogP contribution in [0.4, 0.5) is 11.5 Å². The Morgan fingerprint density at radius 2 is 1.81 bits per heavy atom. The molecule has 0 fully saturated rings. The van der Waals surface area contributed by atoms with Gasteiger partial charge in [-0.3, -0.25) is 4.79 Å². The van der Waals surface area contributed by atoms with E-state index in [2.05, 4.69) is 40.4 Å². The fourth-order valence-electron chi connectivity index (χ4n) is 3.49. The molecule has 1 aromatic heterocycles. The second-order valence-electron chi connectivity index (χ2n) is 6.80. The monoisotopic (exact) mass is 358 g/mol. The number of carbonyl (C=O) groups is 1. The summed E-state index contributed by atoms with van der Waals surface area (Å²) in [6.45, 7) is 4.57. The van der Waals surface area contributed by atoms with Gasteiger partial charge in [-0.05, 0) is 37.5 Å². The van der Waals surface area contributed by atoms with Crippen molar-refractivity contribution in [1.82, 2.24) is 9.97 Å². The minimum atomic E-state index is -0.0825. The summed E-state index contributed by atoms with van der Waals surface area (Å²) in [5.41, 5.74) is 3.76. The molecule has 1 N–H and O–H groups in total. The first-order valence-electron chi connectivity index (χ1n) is 9.19. The van der Waals surface area contributed by atoms with E-state index in [0.717, 1.165) is 17.7 Å². The van der Waals surface area contributed by atoms with Gasteiger partial charge >= 0.3 is 0 Å². The Bertz CT molecular complexity index is 971. The maximum atomic E-state index is 13.1. The highest BCUT2D eigenvalue weighted by molar-refractivity contribution is 6.06. The molecule has 0 spiro atoms. The number of anilines is 2. The van der Waals surface area contributed by atoms with Crippen molar-refractivity contribution in [3.63, 3.8) is 0 Å². The van der Waals surface area contributed by atoms with Crippen LogP contribution >= 0.6 is 0 Å². The summed E-state index contributed by atoms with van der Waals surface area (Å²) in [7, 11) is 0. The summed E-state index contributed by atoms with van der Waals surface area (Å²) in [5.74, 6) is 1.16. The molecule has 1 unspecified atom stereocenters. The number of rotatable bonds is 4. The first-order valence-corrected chi connectivity index (χ1v) is 9.19. The molecular weight excluding hydrogens is 336 g/mol. The van der Waals surface area contributed by atoms with Crippen molar-refractivity contribution >= 4 is 17.4 Å². The molecule has 1 atom stereocenters. The van der Waals surface area contributed by atoms with E-state index in [1.54, 1.807) is 6.07 Å². The Kier molecular flexibility index (Phi) is 4.59. The Morgan fingerprint density at radius 3 is 2.63 bits per heavy atom. The topological polar surface area (TPSA) is 58.1 Å². The number of para-hydroxylation sites is 1. The van der Waals surface area contributed by atoms with Crippen LogP contribution in [0.15, 0.2) is 60.7 Å². The van der Waals surface area contributed by atoms with E-state index in [1.807, 2.05) is 48.2 Å². The standard InChI is InChI=1S/C22H22N4O/c1-15(17-8-4-3-5-9-17)23-21-14-19(24-16(2)25-21)22(27)26-13-12-18-10-6-7-11-20(18)26/h3-11,14-15H,12-13H2,1-2H3,(H,23,24,25). The number of hydrogen-bond donors (Lipinski definition) is 1. The molecule has 2 aromatic carbocycles. The number of aromatic nitrogens is 2. The van der Waals surface area contributed by atoms with Crippen molar-refractivity contribution in [2.24, 2.45) is 0 Å². The van der Waals surface area contributed by atoms with E-state index < -0.39 is 0 Å². The zero-order valence-corrected chi connectivity index (χ0v) is 15.5. The minimum absolute atomic E-state index is 0.0796. The van der Waals surface area contributed by atoms with Crippen LogP contribution in [0.25, 0.3) is 0 Å². The van der Waals surface area contributed by atoms with Crippen LogP contribution in [-0.4, -0.2) is 22.4 Å². The van der Waals surface area contributed by atoms with E-state index in [0.29, 0.717) is 23.9 Å². The van der Waals surface area contributed by atoms with Crippen LogP contribution in [0, 0.1) is 6.92 Å². The molecule has 1 amide bonds. The van der Waals surface area contributed by atoms with Crippen LogP contribution in [0.5, 0.6) is 0 Å². The van der Waals surface area contributed by atoms with Gasteiger partial charge in [-0.25, -0.2) is 9.97 Å². The van der Waals surface area contributed by atoms with Gasteiger partial charge in [-0.2, -0.15) is 0 Å². The molecule has 1 aliphatic heterocycles. The normalized spacial score (nSPS) is 13.9. The van der Waals surface area contributed by atoms with Crippen molar-refractivity contribution in [1.29, 1.82) is 0 Å². The third-order valence-corrected chi connectivity index (χ3v) is 4.85. The second-order valence-corrected chi connectivity index (χ2v) is 6.80. The Balaban J connectivity index is 1.58. The highest BCUT2D eigenvalue weighted by Crippen LogP contribution is 2.29. The first kappa shape index (κ1) is 17.2. The van der Waals surface area contributed by atoms with E-state index >= 15 is 0 Å². The lowest BCUT2D eigenvalue weighted by Gasteiger charge is -2.19. The van der Waals surface area contributed by atoms with Crippen LogP contribution in [0.2, 0.25) is 0 Å². The van der Waals surface area contributed by atoms with E-state index in [1.165, 1.54) is 5.56 Å². The molecule has 0 saturated heterocycles. The summed E-state index contributed by atoms with van der Waals surface area (Å²) < 4.78 is 0. The van der Waals surface area contributed by atoms with Crippen LogP contribution in [0.1, 0.15) is 40.4 Å². The Labute approximate surface area is 159 Å². The van der Waals surface area contributed by atoms with Crippen molar-refractivity contribution in [2.45, 2.75) is 26.3 Å². The molecule has 0 bridgehead atoms. The summed E-state index contributed by atoms with van der Waals surface area (Å²) in [4.78, 5) is 23.7. The minimum Gasteiger partial charge on any atom is -0.363 e. The van der Waals surface area contributed by atoms with Gasteiger partial charge in [0.05, 0.1) is 0 Å². The predicted molar refractivity (Wildman–Crippen MR) is 107 cm³/mol. The SMILES string of the molecule is Cc1nc(NC(C)c2ccccc2)cc(C(=O)N2CCc3ccccc32)n1.